The number of ketones is 2. The summed E-state index contributed by atoms with van der Waals surface area (Å²) in [5, 5.41) is 13.5. The van der Waals surface area contributed by atoms with Gasteiger partial charge in [-0.1, -0.05) is 29.8 Å². The molecule has 0 aromatic heterocycles. The van der Waals surface area contributed by atoms with E-state index in [9.17, 15) is 24.3 Å². The summed E-state index contributed by atoms with van der Waals surface area (Å²) in [6, 6.07) is 21.8. The Kier molecular flexibility index (Phi) is 6.68. The van der Waals surface area contributed by atoms with Crippen LogP contribution in [0.5, 0.6) is 11.5 Å². The van der Waals surface area contributed by atoms with E-state index in [1.165, 1.54) is 11.0 Å². The van der Waals surface area contributed by atoms with E-state index in [-0.39, 0.29) is 40.0 Å². The van der Waals surface area contributed by atoms with E-state index in [1.807, 2.05) is 48.5 Å². The fraction of sp³-hybridized carbons (Fsp3) is 0.189. The van der Waals surface area contributed by atoms with Gasteiger partial charge in [-0.25, -0.2) is 0 Å². The van der Waals surface area contributed by atoms with E-state index >= 15 is 0 Å². The van der Waals surface area contributed by atoms with Crippen molar-refractivity contribution in [2.24, 2.45) is 23.7 Å². The van der Waals surface area contributed by atoms with Crippen LogP contribution in [-0.2, 0) is 25.6 Å². The number of ether oxygens (including phenoxy) is 1. The smallest absolute Gasteiger partial charge is 0.238 e. The number of nitrogens with one attached hydrogen (secondary N) is 1. The van der Waals surface area contributed by atoms with Crippen LogP contribution in [0.1, 0.15) is 18.4 Å². The average molecular weight is 676 g/mol. The Hall–Kier alpha value is -5.02. The highest BCUT2D eigenvalue weighted by molar-refractivity contribution is 9.12. The number of hydrogen-bond donors (Lipinski definition) is 2. The number of amides is 2. The Morgan fingerprint density at radius 2 is 1.65 bits per heavy atom. The van der Waals surface area contributed by atoms with Crippen molar-refractivity contribution in [2.75, 3.05) is 10.2 Å². The lowest BCUT2D eigenvalue weighted by Crippen LogP contribution is -2.41. The molecule has 3 aromatic carbocycles. The molecule has 3 aromatic rings. The highest BCUT2D eigenvalue weighted by atomic mass is 79.9. The number of rotatable bonds is 4. The van der Waals surface area contributed by atoms with Gasteiger partial charge in [0.05, 0.1) is 28.3 Å². The topological polar surface area (TPSA) is 113 Å². The first-order chi connectivity index (χ1) is 22.3. The molecule has 4 unspecified atom stereocenters. The molecule has 8 nitrogen and oxygen atoms in total. The van der Waals surface area contributed by atoms with Crippen molar-refractivity contribution in [3.05, 3.63) is 124 Å². The predicted octanol–water partition coefficient (Wildman–Crippen LogP) is 6.45. The van der Waals surface area contributed by atoms with Crippen molar-refractivity contribution in [3.8, 4) is 11.5 Å². The van der Waals surface area contributed by atoms with Crippen LogP contribution in [0.3, 0.4) is 0 Å². The van der Waals surface area contributed by atoms with Gasteiger partial charge in [-0.15, -0.1) is 0 Å². The number of nitrogens with zero attached hydrogens (tertiary/aromatic N) is 1. The van der Waals surface area contributed by atoms with Crippen molar-refractivity contribution in [2.45, 2.75) is 19.3 Å². The number of carbonyl (C=O) groups excluding carboxylic acids is 4. The molecular formula is C37H27BrN2O6. The number of Topliss-reactive ketones (excluding diaryl/α,β-unsaturated/α-hetero) is 1. The maximum absolute atomic E-state index is 14.2. The van der Waals surface area contributed by atoms with Gasteiger partial charge in [0.15, 0.2) is 11.6 Å². The molecule has 0 spiro atoms. The second-order valence-corrected chi connectivity index (χ2v) is 13.1. The molecule has 3 aliphatic carbocycles. The minimum absolute atomic E-state index is 0.0968. The Labute approximate surface area is 272 Å². The number of fused-ring (bicyclic) bond motifs is 4. The molecule has 2 N–H and O–H groups in total. The van der Waals surface area contributed by atoms with Crippen molar-refractivity contribution in [1.82, 2.24) is 0 Å². The zero-order chi connectivity index (χ0) is 31.7. The van der Waals surface area contributed by atoms with Crippen LogP contribution in [-0.4, -0.2) is 28.5 Å². The summed E-state index contributed by atoms with van der Waals surface area (Å²) < 4.78 is 6.13. The van der Waals surface area contributed by atoms with Crippen LogP contribution < -0.4 is 15.0 Å². The minimum atomic E-state index is -0.680. The second kappa shape index (κ2) is 10.8. The van der Waals surface area contributed by atoms with Gasteiger partial charge < -0.3 is 15.2 Å². The second-order valence-electron chi connectivity index (χ2n) is 12.2. The van der Waals surface area contributed by atoms with Crippen molar-refractivity contribution >= 4 is 56.4 Å². The van der Waals surface area contributed by atoms with Crippen molar-refractivity contribution in [1.29, 1.82) is 0 Å². The number of allylic oxidation sites excluding steroid dienone is 7. The monoisotopic (exact) mass is 674 g/mol. The third-order valence-electron chi connectivity index (χ3n) is 9.67. The van der Waals surface area contributed by atoms with Gasteiger partial charge in [0.2, 0.25) is 11.8 Å². The molecule has 0 radical (unpaired) electrons. The molecule has 8 rings (SSSR count). The Morgan fingerprint density at radius 1 is 0.891 bits per heavy atom. The number of para-hydroxylation sites is 1. The SMILES string of the molecule is O=C1C=C(Br)C(=O)C2=C1C(C1=COc3ccc(O)cc3C1)C1=CCC3C(=O)N(c4ccc(Nc5ccccc5)cc4)C(=O)C3C1C2. The van der Waals surface area contributed by atoms with Crippen LogP contribution >= 0.6 is 15.9 Å². The molecule has 4 atom stereocenters. The number of benzene rings is 3. The summed E-state index contributed by atoms with van der Waals surface area (Å²) in [5.74, 6) is -2.72. The predicted molar refractivity (Wildman–Crippen MR) is 175 cm³/mol. The van der Waals surface area contributed by atoms with Crippen LogP contribution in [0.25, 0.3) is 0 Å². The summed E-state index contributed by atoms with van der Waals surface area (Å²) >= 11 is 3.27. The summed E-state index contributed by atoms with van der Waals surface area (Å²) in [5.41, 5.74) is 5.36. The Balaban J connectivity index is 1.15. The molecule has 46 heavy (non-hydrogen) atoms. The first kappa shape index (κ1) is 28.5. The molecule has 2 aliphatic heterocycles. The lowest BCUT2D eigenvalue weighted by atomic mass is 9.59. The third-order valence-corrected chi connectivity index (χ3v) is 10.3. The van der Waals surface area contributed by atoms with Gasteiger partial charge in [0, 0.05) is 46.5 Å². The van der Waals surface area contributed by atoms with E-state index < -0.39 is 23.7 Å². The van der Waals surface area contributed by atoms with E-state index in [0.717, 1.165) is 28.1 Å². The number of carbonyl (C=O) groups is 4. The molecule has 9 heteroatoms. The molecule has 2 amide bonds. The first-order valence-electron chi connectivity index (χ1n) is 15.1. The zero-order valence-electron chi connectivity index (χ0n) is 24.4. The zero-order valence-corrected chi connectivity index (χ0v) is 26.0. The van der Waals surface area contributed by atoms with Gasteiger partial charge in [-0.05, 0) is 94.9 Å². The first-order valence-corrected chi connectivity index (χ1v) is 15.9. The standard InChI is InChI=1S/C37H27BrN2O6/c38-29-17-30(42)34-28(35(29)43)16-27-25(32(34)20-14-19-15-24(41)10-13-31(19)46-18-20)11-12-26-33(27)37(45)40(36(26)44)23-8-6-22(7-9-23)39-21-4-2-1-3-5-21/h1-11,13,15,17-18,26-27,32-33,39,41H,12,14,16H2. The Morgan fingerprint density at radius 3 is 2.43 bits per heavy atom. The fourth-order valence-corrected chi connectivity index (χ4v) is 8.10. The maximum atomic E-state index is 14.2. The molecule has 5 aliphatic rings. The number of imide groups is 1. The third kappa shape index (κ3) is 4.48. The Bertz CT molecular complexity index is 1990. The van der Waals surface area contributed by atoms with Crippen LogP contribution in [0.15, 0.2) is 118 Å². The minimum Gasteiger partial charge on any atom is -0.508 e. The molecule has 0 bridgehead atoms. The number of hydrogen-bond acceptors (Lipinski definition) is 7. The lowest BCUT2D eigenvalue weighted by Gasteiger charge is -2.43. The molecule has 228 valence electrons. The maximum Gasteiger partial charge on any atom is 0.238 e. The van der Waals surface area contributed by atoms with Crippen LogP contribution in [0, 0.1) is 23.7 Å². The van der Waals surface area contributed by atoms with E-state index in [0.29, 0.717) is 35.4 Å². The van der Waals surface area contributed by atoms with Crippen LogP contribution in [0.4, 0.5) is 17.1 Å². The van der Waals surface area contributed by atoms with Gasteiger partial charge >= 0.3 is 0 Å². The van der Waals surface area contributed by atoms with E-state index in [1.54, 1.807) is 36.6 Å². The molecule has 2 heterocycles. The van der Waals surface area contributed by atoms with Crippen molar-refractivity contribution < 1.29 is 29.0 Å². The highest BCUT2D eigenvalue weighted by Gasteiger charge is 2.57. The highest BCUT2D eigenvalue weighted by Crippen LogP contribution is 2.55. The van der Waals surface area contributed by atoms with E-state index in [2.05, 4.69) is 21.2 Å². The quantitative estimate of drug-likeness (QED) is 0.186. The lowest BCUT2D eigenvalue weighted by molar-refractivity contribution is -0.123. The van der Waals surface area contributed by atoms with Gasteiger partial charge in [0.25, 0.3) is 0 Å². The molecular weight excluding hydrogens is 648 g/mol. The van der Waals surface area contributed by atoms with Crippen LogP contribution in [0.2, 0.25) is 0 Å². The number of anilines is 3. The molecule has 1 saturated heterocycles. The normalized spacial score (nSPS) is 25.1. The summed E-state index contributed by atoms with van der Waals surface area (Å²) in [6.07, 6.45) is 5.84. The molecule has 1 fully saturated rings. The average Bonchev–Trinajstić information content (AvgIpc) is 3.32. The number of halogens is 1. The number of phenolic OH excluding ortho intramolecular Hbond substituents is 1. The fourth-order valence-electron chi connectivity index (χ4n) is 7.65. The van der Waals surface area contributed by atoms with Gasteiger partial charge in [-0.2, -0.15) is 0 Å². The number of phenols is 1. The van der Waals surface area contributed by atoms with Gasteiger partial charge in [0.1, 0.15) is 11.5 Å². The number of aromatic hydroxyl groups is 1. The largest absolute Gasteiger partial charge is 0.508 e. The van der Waals surface area contributed by atoms with E-state index in [4.69, 9.17) is 4.74 Å². The van der Waals surface area contributed by atoms with Gasteiger partial charge in [-0.3, -0.25) is 24.1 Å². The summed E-state index contributed by atoms with van der Waals surface area (Å²) in [4.78, 5) is 56.5. The molecule has 0 saturated carbocycles. The summed E-state index contributed by atoms with van der Waals surface area (Å²) in [6.45, 7) is 0. The summed E-state index contributed by atoms with van der Waals surface area (Å²) in [7, 11) is 0. The van der Waals surface area contributed by atoms with Crippen molar-refractivity contribution in [3.63, 3.8) is 0 Å².